The molecular formula is C11H11N5. The third-order valence-corrected chi connectivity index (χ3v) is 2.33. The molecule has 5 heteroatoms. The number of aromatic nitrogens is 3. The van der Waals surface area contributed by atoms with Crippen molar-refractivity contribution in [1.82, 2.24) is 14.9 Å². The van der Waals surface area contributed by atoms with E-state index in [2.05, 4.69) is 21.7 Å². The Morgan fingerprint density at radius 1 is 1.25 bits per heavy atom. The molecule has 0 amide bonds. The second kappa shape index (κ2) is 4.03. The molecule has 16 heavy (non-hydrogen) atoms. The van der Waals surface area contributed by atoms with Crippen molar-refractivity contribution in [1.29, 1.82) is 5.26 Å². The van der Waals surface area contributed by atoms with E-state index < -0.39 is 0 Å². The van der Waals surface area contributed by atoms with Crippen LogP contribution in [0.3, 0.4) is 0 Å². The summed E-state index contributed by atoms with van der Waals surface area (Å²) in [5, 5.41) is 16.6. The van der Waals surface area contributed by atoms with Crippen LogP contribution in [0.5, 0.6) is 0 Å². The SMILES string of the molecule is Cc1ccc(C)n1Nc1nnccc1C#N. The number of nitriles is 1. The van der Waals surface area contributed by atoms with E-state index in [1.54, 1.807) is 6.07 Å². The summed E-state index contributed by atoms with van der Waals surface area (Å²) < 4.78 is 1.87. The van der Waals surface area contributed by atoms with Gasteiger partial charge in [0.15, 0.2) is 5.82 Å². The Labute approximate surface area is 93.3 Å². The van der Waals surface area contributed by atoms with Crippen LogP contribution in [0.1, 0.15) is 17.0 Å². The van der Waals surface area contributed by atoms with Crippen molar-refractivity contribution in [3.63, 3.8) is 0 Å². The third-order valence-electron chi connectivity index (χ3n) is 2.33. The van der Waals surface area contributed by atoms with Crippen LogP contribution in [0.4, 0.5) is 5.82 Å². The van der Waals surface area contributed by atoms with E-state index in [1.807, 2.05) is 30.7 Å². The van der Waals surface area contributed by atoms with Crippen LogP contribution in [-0.4, -0.2) is 14.9 Å². The average molecular weight is 213 g/mol. The molecule has 2 heterocycles. The number of rotatable bonds is 2. The van der Waals surface area contributed by atoms with E-state index in [0.29, 0.717) is 11.4 Å². The summed E-state index contributed by atoms with van der Waals surface area (Å²) in [5.41, 5.74) is 5.63. The van der Waals surface area contributed by atoms with Crippen LogP contribution in [0.25, 0.3) is 0 Å². The van der Waals surface area contributed by atoms with Crippen molar-refractivity contribution in [3.05, 3.63) is 41.3 Å². The van der Waals surface area contributed by atoms with Crippen molar-refractivity contribution in [2.24, 2.45) is 0 Å². The van der Waals surface area contributed by atoms with E-state index in [1.165, 1.54) is 6.20 Å². The first-order chi connectivity index (χ1) is 7.72. The molecule has 0 saturated carbocycles. The van der Waals surface area contributed by atoms with Gasteiger partial charge in [-0.1, -0.05) is 0 Å². The summed E-state index contributed by atoms with van der Waals surface area (Å²) >= 11 is 0. The van der Waals surface area contributed by atoms with Crippen molar-refractivity contribution in [2.45, 2.75) is 13.8 Å². The van der Waals surface area contributed by atoms with Crippen molar-refractivity contribution < 1.29 is 0 Å². The van der Waals surface area contributed by atoms with E-state index in [0.717, 1.165) is 11.4 Å². The van der Waals surface area contributed by atoms with E-state index >= 15 is 0 Å². The minimum Gasteiger partial charge on any atom is -0.275 e. The Balaban J connectivity index is 2.38. The van der Waals surface area contributed by atoms with Crippen molar-refractivity contribution >= 4 is 5.82 Å². The van der Waals surface area contributed by atoms with Crippen LogP contribution < -0.4 is 5.43 Å². The van der Waals surface area contributed by atoms with Crippen LogP contribution in [0, 0.1) is 25.2 Å². The van der Waals surface area contributed by atoms with E-state index in [4.69, 9.17) is 5.26 Å². The molecule has 0 saturated heterocycles. The molecule has 0 unspecified atom stereocenters. The lowest BCUT2D eigenvalue weighted by Crippen LogP contribution is -2.14. The van der Waals surface area contributed by atoms with Crippen molar-refractivity contribution in [3.8, 4) is 6.07 Å². The molecule has 0 aliphatic carbocycles. The van der Waals surface area contributed by atoms with Crippen LogP contribution in [0.15, 0.2) is 24.4 Å². The van der Waals surface area contributed by atoms with Gasteiger partial charge >= 0.3 is 0 Å². The third kappa shape index (κ3) is 1.73. The molecule has 5 nitrogen and oxygen atoms in total. The first kappa shape index (κ1) is 10.2. The predicted molar refractivity (Wildman–Crippen MR) is 59.7 cm³/mol. The molecule has 2 rings (SSSR count). The van der Waals surface area contributed by atoms with Gasteiger partial charge in [0.1, 0.15) is 6.07 Å². The van der Waals surface area contributed by atoms with Gasteiger partial charge in [-0.2, -0.15) is 10.4 Å². The van der Waals surface area contributed by atoms with Crippen LogP contribution in [0.2, 0.25) is 0 Å². The lowest BCUT2D eigenvalue weighted by molar-refractivity contribution is 0.855. The van der Waals surface area contributed by atoms with Crippen molar-refractivity contribution in [2.75, 3.05) is 5.43 Å². The quantitative estimate of drug-likeness (QED) is 0.823. The lowest BCUT2D eigenvalue weighted by Gasteiger charge is -2.11. The molecule has 0 spiro atoms. The van der Waals surface area contributed by atoms with Gasteiger partial charge in [0.2, 0.25) is 0 Å². The second-order valence-electron chi connectivity index (χ2n) is 3.47. The minimum atomic E-state index is 0.465. The molecular weight excluding hydrogens is 202 g/mol. The molecule has 80 valence electrons. The maximum Gasteiger partial charge on any atom is 0.185 e. The van der Waals surface area contributed by atoms with Gasteiger partial charge in [0.05, 0.1) is 11.8 Å². The minimum absolute atomic E-state index is 0.465. The number of nitrogens with zero attached hydrogens (tertiary/aromatic N) is 4. The number of nitrogens with one attached hydrogen (secondary N) is 1. The normalized spacial score (nSPS) is 9.81. The van der Waals surface area contributed by atoms with E-state index in [9.17, 15) is 0 Å². The molecule has 2 aromatic rings. The van der Waals surface area contributed by atoms with Gasteiger partial charge in [0.25, 0.3) is 0 Å². The number of anilines is 1. The Bertz CT molecular complexity index is 530. The average Bonchev–Trinajstić information content (AvgIpc) is 2.61. The Morgan fingerprint density at radius 2 is 1.94 bits per heavy atom. The van der Waals surface area contributed by atoms with Crippen LogP contribution >= 0.6 is 0 Å². The zero-order valence-electron chi connectivity index (χ0n) is 9.10. The molecule has 0 fully saturated rings. The summed E-state index contributed by atoms with van der Waals surface area (Å²) in [6, 6.07) is 7.68. The van der Waals surface area contributed by atoms with E-state index in [-0.39, 0.29) is 0 Å². The second-order valence-corrected chi connectivity index (χ2v) is 3.47. The number of hydrogen-bond donors (Lipinski definition) is 1. The molecule has 0 radical (unpaired) electrons. The molecule has 0 atom stereocenters. The predicted octanol–water partition coefficient (Wildman–Crippen LogP) is 1.64. The Kier molecular flexibility index (Phi) is 2.56. The zero-order valence-corrected chi connectivity index (χ0v) is 9.10. The largest absolute Gasteiger partial charge is 0.275 e. The van der Waals surface area contributed by atoms with Gasteiger partial charge in [0, 0.05) is 11.4 Å². The summed E-state index contributed by atoms with van der Waals surface area (Å²) in [6.07, 6.45) is 1.50. The molecule has 2 aromatic heterocycles. The summed E-state index contributed by atoms with van der Waals surface area (Å²) in [7, 11) is 0. The smallest absolute Gasteiger partial charge is 0.185 e. The lowest BCUT2D eigenvalue weighted by atomic mass is 10.3. The first-order valence-corrected chi connectivity index (χ1v) is 4.86. The van der Waals surface area contributed by atoms with Gasteiger partial charge < -0.3 is 0 Å². The van der Waals surface area contributed by atoms with Gasteiger partial charge in [-0.15, -0.1) is 5.10 Å². The fourth-order valence-corrected chi connectivity index (χ4v) is 1.46. The maximum atomic E-state index is 8.92. The highest BCUT2D eigenvalue weighted by Crippen LogP contribution is 2.12. The molecule has 0 aliphatic rings. The van der Waals surface area contributed by atoms with Gasteiger partial charge in [-0.05, 0) is 32.0 Å². The van der Waals surface area contributed by atoms with Gasteiger partial charge in [-0.25, -0.2) is 0 Å². The zero-order chi connectivity index (χ0) is 11.5. The number of aryl methyl sites for hydroxylation is 2. The standard InChI is InChI=1S/C11H11N5/c1-8-3-4-9(2)16(8)15-11-10(7-12)5-6-13-14-11/h3-6H,1-2H3,(H,14,15). The molecule has 0 bridgehead atoms. The van der Waals surface area contributed by atoms with Gasteiger partial charge in [-0.3, -0.25) is 10.1 Å². The summed E-state index contributed by atoms with van der Waals surface area (Å²) in [6.45, 7) is 3.95. The Morgan fingerprint density at radius 3 is 2.56 bits per heavy atom. The summed E-state index contributed by atoms with van der Waals surface area (Å²) in [4.78, 5) is 0. The topological polar surface area (TPSA) is 66.5 Å². The highest BCUT2D eigenvalue weighted by Gasteiger charge is 2.06. The summed E-state index contributed by atoms with van der Waals surface area (Å²) in [5.74, 6) is 0.465. The first-order valence-electron chi connectivity index (χ1n) is 4.86. The number of hydrogen-bond acceptors (Lipinski definition) is 4. The Hall–Kier alpha value is -2.35. The van der Waals surface area contributed by atoms with Crippen LogP contribution in [-0.2, 0) is 0 Å². The maximum absolute atomic E-state index is 8.92. The molecule has 1 N–H and O–H groups in total. The molecule has 0 aliphatic heterocycles. The highest BCUT2D eigenvalue weighted by atomic mass is 15.4. The highest BCUT2D eigenvalue weighted by molar-refractivity contribution is 5.50. The monoisotopic (exact) mass is 213 g/mol. The molecule has 0 aromatic carbocycles. The fraction of sp³-hybridized carbons (Fsp3) is 0.182. The fourth-order valence-electron chi connectivity index (χ4n) is 1.46.